The number of fused-ring (bicyclic) bond motifs is 1. The maximum absolute atomic E-state index is 13.2. The fourth-order valence-corrected chi connectivity index (χ4v) is 3.49. The first kappa shape index (κ1) is 20.7. The van der Waals surface area contributed by atoms with Gasteiger partial charge in [0.1, 0.15) is 11.8 Å². The van der Waals surface area contributed by atoms with E-state index in [4.69, 9.17) is 4.55 Å². The van der Waals surface area contributed by atoms with Gasteiger partial charge in [0, 0.05) is 12.1 Å². The Balaban J connectivity index is 1.84. The zero-order valence-corrected chi connectivity index (χ0v) is 16.6. The lowest BCUT2D eigenvalue weighted by atomic mass is 10.1. The third-order valence-corrected chi connectivity index (χ3v) is 4.88. The molecule has 0 spiro atoms. The molecule has 9 nitrogen and oxygen atoms in total. The highest BCUT2D eigenvalue weighted by Crippen LogP contribution is 2.31. The number of imidazole rings is 2. The molecule has 4 rings (SSSR count). The van der Waals surface area contributed by atoms with Crippen molar-refractivity contribution in [1.82, 2.24) is 28.9 Å². The Hall–Kier alpha value is -3.53. The normalized spacial score (nSPS) is 12.4. The summed E-state index contributed by atoms with van der Waals surface area (Å²) in [5.74, 6) is 0. The SMILES string of the molecule is N#Cc1cnc2ccc(-c3c(-c4cccc(CNS(=O)O)c4)ncn3CC(F)F)nn12. The predicted molar refractivity (Wildman–Crippen MR) is 108 cm³/mol. The van der Waals surface area contributed by atoms with E-state index in [2.05, 4.69) is 19.8 Å². The molecule has 1 atom stereocenters. The van der Waals surface area contributed by atoms with Crippen LogP contribution in [0, 0.1) is 11.3 Å². The van der Waals surface area contributed by atoms with E-state index >= 15 is 0 Å². The Morgan fingerprint density at radius 1 is 1.26 bits per heavy atom. The first-order valence-corrected chi connectivity index (χ1v) is 10.1. The highest BCUT2D eigenvalue weighted by atomic mass is 32.2. The molecule has 0 fully saturated rings. The number of alkyl halides is 2. The molecule has 12 heteroatoms. The van der Waals surface area contributed by atoms with Crippen LogP contribution in [0.5, 0.6) is 0 Å². The van der Waals surface area contributed by atoms with Crippen molar-refractivity contribution >= 4 is 16.9 Å². The van der Waals surface area contributed by atoms with Crippen LogP contribution in [-0.2, 0) is 24.4 Å². The van der Waals surface area contributed by atoms with Gasteiger partial charge in [0.2, 0.25) is 11.3 Å². The van der Waals surface area contributed by atoms with E-state index in [1.165, 1.54) is 21.6 Å². The van der Waals surface area contributed by atoms with Crippen LogP contribution in [0.4, 0.5) is 8.78 Å². The van der Waals surface area contributed by atoms with Gasteiger partial charge in [0.15, 0.2) is 11.3 Å². The smallest absolute Gasteiger partial charge is 0.256 e. The van der Waals surface area contributed by atoms with Gasteiger partial charge in [-0.05, 0) is 23.8 Å². The van der Waals surface area contributed by atoms with Crippen LogP contribution >= 0.6 is 0 Å². The summed E-state index contributed by atoms with van der Waals surface area (Å²) in [6.07, 6.45) is 0.0862. The molecule has 0 saturated carbocycles. The number of nitrogens with zero attached hydrogens (tertiary/aromatic N) is 6. The lowest BCUT2D eigenvalue weighted by Crippen LogP contribution is -2.15. The first-order chi connectivity index (χ1) is 15.0. The van der Waals surface area contributed by atoms with Gasteiger partial charge in [-0.2, -0.15) is 10.4 Å². The number of halogens is 2. The van der Waals surface area contributed by atoms with E-state index in [1.54, 1.807) is 36.4 Å². The summed E-state index contributed by atoms with van der Waals surface area (Å²) in [7, 11) is 0. The molecule has 0 saturated heterocycles. The lowest BCUT2D eigenvalue weighted by molar-refractivity contribution is 0.127. The number of nitriles is 1. The molecule has 0 aliphatic carbocycles. The van der Waals surface area contributed by atoms with Crippen molar-refractivity contribution < 1.29 is 17.5 Å². The highest BCUT2D eigenvalue weighted by Gasteiger charge is 2.20. The summed E-state index contributed by atoms with van der Waals surface area (Å²) in [4.78, 5) is 8.43. The lowest BCUT2D eigenvalue weighted by Gasteiger charge is -2.11. The summed E-state index contributed by atoms with van der Waals surface area (Å²) in [6, 6.07) is 12.3. The Kier molecular flexibility index (Phi) is 5.81. The third kappa shape index (κ3) is 4.33. The second-order valence-electron chi connectivity index (χ2n) is 6.50. The Morgan fingerprint density at radius 2 is 2.10 bits per heavy atom. The van der Waals surface area contributed by atoms with Gasteiger partial charge in [-0.1, -0.05) is 18.2 Å². The van der Waals surface area contributed by atoms with E-state index in [0.717, 1.165) is 0 Å². The van der Waals surface area contributed by atoms with Gasteiger partial charge in [-0.25, -0.2) is 32.2 Å². The Bertz CT molecular complexity index is 1310. The van der Waals surface area contributed by atoms with Crippen molar-refractivity contribution in [3.8, 4) is 28.7 Å². The van der Waals surface area contributed by atoms with Crippen molar-refractivity contribution in [1.29, 1.82) is 5.26 Å². The molecule has 0 aliphatic heterocycles. The summed E-state index contributed by atoms with van der Waals surface area (Å²) in [5, 5.41) is 13.7. The first-order valence-electron chi connectivity index (χ1n) is 8.98. The van der Waals surface area contributed by atoms with Crippen LogP contribution in [0.3, 0.4) is 0 Å². The number of hydrogen-bond acceptors (Lipinski definition) is 5. The zero-order valence-electron chi connectivity index (χ0n) is 15.8. The highest BCUT2D eigenvalue weighted by molar-refractivity contribution is 7.77. The fraction of sp³-hybridized carbons (Fsp3) is 0.158. The van der Waals surface area contributed by atoms with Crippen LogP contribution in [-0.4, -0.2) is 39.3 Å². The minimum Gasteiger partial charge on any atom is -0.323 e. The monoisotopic (exact) mass is 443 g/mol. The number of benzene rings is 1. The van der Waals surface area contributed by atoms with Gasteiger partial charge in [0.25, 0.3) is 6.43 Å². The van der Waals surface area contributed by atoms with E-state index in [1.807, 2.05) is 6.07 Å². The van der Waals surface area contributed by atoms with Crippen LogP contribution in [0.15, 0.2) is 48.9 Å². The van der Waals surface area contributed by atoms with E-state index in [-0.39, 0.29) is 12.2 Å². The molecule has 31 heavy (non-hydrogen) atoms. The third-order valence-electron chi connectivity index (χ3n) is 4.49. The van der Waals surface area contributed by atoms with Gasteiger partial charge >= 0.3 is 0 Å². The average molecular weight is 443 g/mol. The summed E-state index contributed by atoms with van der Waals surface area (Å²) in [6.45, 7) is -0.448. The molecule has 0 radical (unpaired) electrons. The molecule has 0 amide bonds. The average Bonchev–Trinajstić information content (AvgIpc) is 3.35. The summed E-state index contributed by atoms with van der Waals surface area (Å²) >= 11 is -2.16. The maximum atomic E-state index is 13.2. The molecule has 1 unspecified atom stereocenters. The van der Waals surface area contributed by atoms with Gasteiger partial charge in [0.05, 0.1) is 30.5 Å². The molecule has 1 aromatic carbocycles. The minimum atomic E-state index is -2.61. The largest absolute Gasteiger partial charge is 0.323 e. The van der Waals surface area contributed by atoms with E-state index < -0.39 is 24.2 Å². The minimum absolute atomic E-state index is 0.134. The van der Waals surface area contributed by atoms with E-state index in [0.29, 0.717) is 33.9 Å². The van der Waals surface area contributed by atoms with Crippen LogP contribution < -0.4 is 4.72 Å². The zero-order chi connectivity index (χ0) is 22.0. The number of aromatic nitrogens is 5. The van der Waals surface area contributed by atoms with Crippen molar-refractivity contribution in [3.05, 3.63) is 60.2 Å². The van der Waals surface area contributed by atoms with Gasteiger partial charge < -0.3 is 4.57 Å². The van der Waals surface area contributed by atoms with Crippen LogP contribution in [0.2, 0.25) is 0 Å². The second-order valence-corrected chi connectivity index (χ2v) is 7.29. The molecular weight excluding hydrogens is 428 g/mol. The predicted octanol–water partition coefficient (Wildman–Crippen LogP) is 2.62. The number of hydrogen-bond donors (Lipinski definition) is 2. The summed E-state index contributed by atoms with van der Waals surface area (Å²) < 4.78 is 51.3. The Labute approximate surface area is 177 Å². The van der Waals surface area contributed by atoms with Crippen molar-refractivity contribution in [2.45, 2.75) is 19.5 Å². The van der Waals surface area contributed by atoms with Gasteiger partial charge in [-0.3, -0.25) is 4.55 Å². The summed E-state index contributed by atoms with van der Waals surface area (Å²) in [5.41, 5.74) is 3.11. The maximum Gasteiger partial charge on any atom is 0.256 e. The number of nitrogens with one attached hydrogen (secondary N) is 1. The van der Waals surface area contributed by atoms with Crippen molar-refractivity contribution in [2.75, 3.05) is 0 Å². The van der Waals surface area contributed by atoms with Gasteiger partial charge in [-0.15, -0.1) is 0 Å². The second kappa shape index (κ2) is 8.68. The molecule has 0 aliphatic rings. The van der Waals surface area contributed by atoms with Crippen LogP contribution in [0.1, 0.15) is 11.3 Å². The Morgan fingerprint density at radius 3 is 2.84 bits per heavy atom. The van der Waals surface area contributed by atoms with E-state index in [9.17, 15) is 18.3 Å². The fourth-order valence-electron chi connectivity index (χ4n) is 3.20. The molecule has 3 heterocycles. The molecule has 0 bridgehead atoms. The molecule has 3 aromatic heterocycles. The van der Waals surface area contributed by atoms with Crippen LogP contribution in [0.25, 0.3) is 28.3 Å². The molecule has 158 valence electrons. The quantitative estimate of drug-likeness (QED) is 0.424. The number of rotatable bonds is 7. The standard InChI is InChI=1S/C19H15F2N7O2S/c20-16(21)10-27-11-24-18(13-3-1-2-12(6-13)8-25-31(29)30)19(27)15-4-5-17-23-9-14(7-22)28(17)26-15/h1-6,9,11,16,25H,8,10H2,(H,29,30). The molecular formula is C19H15F2N7O2S. The molecule has 2 N–H and O–H groups in total. The van der Waals surface area contributed by atoms with Crippen molar-refractivity contribution in [3.63, 3.8) is 0 Å². The topological polar surface area (TPSA) is 121 Å². The van der Waals surface area contributed by atoms with Crippen molar-refractivity contribution in [2.24, 2.45) is 0 Å². The molecule has 4 aromatic rings.